The molecule has 0 aliphatic heterocycles. The first-order chi connectivity index (χ1) is 5.93. The first-order valence-electron chi connectivity index (χ1n) is 4.36. The molecule has 13 heavy (non-hydrogen) atoms. The van der Waals surface area contributed by atoms with Gasteiger partial charge in [0.25, 0.3) is 0 Å². The molecule has 0 spiro atoms. The number of hydrogen-bond donors (Lipinski definition) is 2. The van der Waals surface area contributed by atoms with Crippen LogP contribution in [0.2, 0.25) is 0 Å². The number of aliphatic carboxylic acids is 1. The third-order valence-corrected chi connectivity index (χ3v) is 1.53. The Hall–Kier alpha value is -1.03. The van der Waals surface area contributed by atoms with Crippen LogP contribution in [-0.4, -0.2) is 22.6 Å². The first kappa shape index (κ1) is 12.0. The molecule has 0 aliphatic rings. The van der Waals surface area contributed by atoms with Gasteiger partial charge in [-0.05, 0) is 12.8 Å². The summed E-state index contributed by atoms with van der Waals surface area (Å²) in [5.41, 5.74) is 0. The maximum absolute atomic E-state index is 10.4. The molecule has 1 atom stereocenters. The van der Waals surface area contributed by atoms with E-state index in [4.69, 9.17) is 10.9 Å². The molecule has 4 nitrogen and oxygen atoms in total. The van der Waals surface area contributed by atoms with Crippen molar-refractivity contribution in [3.63, 3.8) is 0 Å². The van der Waals surface area contributed by atoms with Gasteiger partial charge < -0.3 is 10.1 Å². The van der Waals surface area contributed by atoms with Crippen LogP contribution in [0.25, 0.3) is 0 Å². The average molecular weight is 186 g/mol. The molecule has 0 saturated heterocycles. The van der Waals surface area contributed by atoms with E-state index >= 15 is 0 Å². The lowest BCUT2D eigenvalue weighted by Gasteiger charge is -2.16. The number of carbonyl (C=O) groups is 1. The van der Waals surface area contributed by atoms with E-state index in [1.807, 2.05) is 13.8 Å². The molecular weight excluding hydrogens is 168 g/mol. The Kier molecular flexibility index (Phi) is 5.14. The van der Waals surface area contributed by atoms with Gasteiger partial charge in [-0.1, -0.05) is 19.9 Å². The van der Waals surface area contributed by atoms with Crippen molar-refractivity contribution >= 4 is 5.97 Å². The zero-order valence-electron chi connectivity index (χ0n) is 8.40. The number of hydrogen-bond acceptors (Lipinski definition) is 3. The highest BCUT2D eigenvalue weighted by Crippen LogP contribution is 1.99. The molecule has 76 valence electrons. The second-order valence-electron chi connectivity index (χ2n) is 3.56. The van der Waals surface area contributed by atoms with Crippen LogP contribution in [0.15, 0.2) is 12.3 Å². The highest BCUT2D eigenvalue weighted by Gasteiger charge is 2.06. The molecule has 0 heterocycles. The Balaban J connectivity index is 3.89. The van der Waals surface area contributed by atoms with Gasteiger partial charge in [0.05, 0.1) is 5.92 Å². The van der Waals surface area contributed by atoms with Crippen LogP contribution in [0.5, 0.6) is 0 Å². The standard InChI is InChI=1S/C9H18N2O2/c1-7(2)6-11(10)5-4-8(3)9(12)13/h4-5,7-8H,6,10H2,1-3H3,(H,12,13)/b5-4+/t8-/m1/s1. The van der Waals surface area contributed by atoms with Gasteiger partial charge in [0, 0.05) is 12.7 Å². The highest BCUT2D eigenvalue weighted by molar-refractivity contribution is 5.71. The van der Waals surface area contributed by atoms with E-state index in [0.29, 0.717) is 5.92 Å². The van der Waals surface area contributed by atoms with Gasteiger partial charge in [-0.15, -0.1) is 0 Å². The van der Waals surface area contributed by atoms with Gasteiger partial charge in [0.1, 0.15) is 0 Å². The minimum Gasteiger partial charge on any atom is -0.481 e. The monoisotopic (exact) mass is 186 g/mol. The summed E-state index contributed by atoms with van der Waals surface area (Å²) in [5.74, 6) is 4.72. The van der Waals surface area contributed by atoms with Gasteiger partial charge in [-0.2, -0.15) is 0 Å². The second-order valence-corrected chi connectivity index (χ2v) is 3.56. The molecule has 3 N–H and O–H groups in total. The molecule has 0 bridgehead atoms. The second kappa shape index (κ2) is 5.59. The number of nitrogens with zero attached hydrogens (tertiary/aromatic N) is 1. The summed E-state index contributed by atoms with van der Waals surface area (Å²) < 4.78 is 0. The molecule has 0 rings (SSSR count). The Labute approximate surface area is 79.0 Å². The maximum atomic E-state index is 10.4. The fourth-order valence-corrected chi connectivity index (χ4v) is 0.804. The lowest BCUT2D eigenvalue weighted by atomic mass is 10.2. The lowest BCUT2D eigenvalue weighted by Crippen LogP contribution is -2.29. The molecule has 0 unspecified atom stereocenters. The van der Waals surface area contributed by atoms with Gasteiger partial charge in [0.2, 0.25) is 0 Å². The number of nitrogens with two attached hydrogens (primary N) is 1. The highest BCUT2D eigenvalue weighted by atomic mass is 16.4. The van der Waals surface area contributed by atoms with Gasteiger partial charge in [-0.3, -0.25) is 4.79 Å². The van der Waals surface area contributed by atoms with Crippen molar-refractivity contribution in [3.05, 3.63) is 12.3 Å². The molecule has 0 aromatic rings. The predicted molar refractivity (Wildman–Crippen MR) is 51.7 cm³/mol. The van der Waals surface area contributed by atoms with Crippen LogP contribution in [0.3, 0.4) is 0 Å². The molecule has 0 radical (unpaired) electrons. The van der Waals surface area contributed by atoms with Crippen molar-refractivity contribution in [2.45, 2.75) is 20.8 Å². The van der Waals surface area contributed by atoms with Crippen molar-refractivity contribution in [2.75, 3.05) is 6.54 Å². The van der Waals surface area contributed by atoms with Gasteiger partial charge in [-0.25, -0.2) is 5.84 Å². The predicted octanol–water partition coefficient (Wildman–Crippen LogP) is 1.05. The van der Waals surface area contributed by atoms with Crippen molar-refractivity contribution in [1.29, 1.82) is 0 Å². The summed E-state index contributed by atoms with van der Waals surface area (Å²) in [4.78, 5) is 10.4. The van der Waals surface area contributed by atoms with E-state index in [9.17, 15) is 4.79 Å². The van der Waals surface area contributed by atoms with E-state index < -0.39 is 11.9 Å². The molecule has 0 aromatic carbocycles. The number of carboxylic acids is 1. The topological polar surface area (TPSA) is 66.6 Å². The van der Waals surface area contributed by atoms with Crippen LogP contribution in [0.1, 0.15) is 20.8 Å². The van der Waals surface area contributed by atoms with Crippen molar-refractivity contribution in [3.8, 4) is 0 Å². The fraction of sp³-hybridized carbons (Fsp3) is 0.667. The van der Waals surface area contributed by atoms with Gasteiger partial charge >= 0.3 is 5.97 Å². The van der Waals surface area contributed by atoms with Crippen molar-refractivity contribution in [1.82, 2.24) is 5.01 Å². The lowest BCUT2D eigenvalue weighted by molar-refractivity contribution is -0.139. The maximum Gasteiger partial charge on any atom is 0.310 e. The number of carboxylic acid groups (broad SMARTS) is 1. The molecule has 0 fully saturated rings. The molecule has 0 aromatic heterocycles. The summed E-state index contributed by atoms with van der Waals surface area (Å²) in [5, 5.41) is 10.1. The summed E-state index contributed by atoms with van der Waals surface area (Å²) in [6.07, 6.45) is 3.18. The Morgan fingerprint density at radius 1 is 1.54 bits per heavy atom. The van der Waals surface area contributed by atoms with Crippen LogP contribution < -0.4 is 5.84 Å². The smallest absolute Gasteiger partial charge is 0.310 e. The molecule has 0 amide bonds. The van der Waals surface area contributed by atoms with Crippen LogP contribution in [0, 0.1) is 11.8 Å². The summed E-state index contributed by atoms with van der Waals surface area (Å²) in [6, 6.07) is 0. The molecule has 4 heteroatoms. The van der Waals surface area contributed by atoms with Crippen LogP contribution in [0.4, 0.5) is 0 Å². The van der Waals surface area contributed by atoms with Crippen LogP contribution >= 0.6 is 0 Å². The fourth-order valence-electron chi connectivity index (χ4n) is 0.804. The zero-order valence-corrected chi connectivity index (χ0v) is 8.40. The molecule has 0 saturated carbocycles. The third kappa shape index (κ3) is 6.16. The largest absolute Gasteiger partial charge is 0.481 e. The van der Waals surface area contributed by atoms with E-state index in [0.717, 1.165) is 6.54 Å². The summed E-state index contributed by atoms with van der Waals surface area (Å²) >= 11 is 0. The summed E-state index contributed by atoms with van der Waals surface area (Å²) in [6.45, 7) is 6.44. The van der Waals surface area contributed by atoms with E-state index in [1.54, 1.807) is 19.2 Å². The van der Waals surface area contributed by atoms with Crippen molar-refractivity contribution < 1.29 is 9.90 Å². The normalized spacial score (nSPS) is 13.6. The molecular formula is C9H18N2O2. The summed E-state index contributed by atoms with van der Waals surface area (Å²) in [7, 11) is 0. The quantitative estimate of drug-likeness (QED) is 0.497. The van der Waals surface area contributed by atoms with Crippen LogP contribution in [-0.2, 0) is 4.79 Å². The van der Waals surface area contributed by atoms with E-state index in [1.165, 1.54) is 5.01 Å². The number of hydrazine groups is 1. The zero-order chi connectivity index (χ0) is 10.4. The third-order valence-electron chi connectivity index (χ3n) is 1.53. The Morgan fingerprint density at radius 3 is 2.46 bits per heavy atom. The van der Waals surface area contributed by atoms with Crippen molar-refractivity contribution in [2.24, 2.45) is 17.7 Å². The molecule has 0 aliphatic carbocycles. The Bertz CT molecular complexity index is 190. The van der Waals surface area contributed by atoms with E-state index in [-0.39, 0.29) is 0 Å². The first-order valence-corrected chi connectivity index (χ1v) is 4.36. The SMILES string of the molecule is CC(C)CN(N)/C=C/[C@@H](C)C(=O)O. The Morgan fingerprint density at radius 2 is 2.08 bits per heavy atom. The average Bonchev–Trinajstić information content (AvgIpc) is 1.98. The number of rotatable bonds is 5. The minimum atomic E-state index is -0.839. The van der Waals surface area contributed by atoms with E-state index in [2.05, 4.69) is 0 Å². The van der Waals surface area contributed by atoms with Gasteiger partial charge in [0.15, 0.2) is 0 Å². The minimum absolute atomic E-state index is 0.467.